The molecule has 26 heavy (non-hydrogen) atoms. The van der Waals surface area contributed by atoms with Gasteiger partial charge < -0.3 is 14.2 Å². The molecule has 0 bridgehead atoms. The molecule has 2 rings (SSSR count). The molecule has 0 saturated heterocycles. The Hall–Kier alpha value is -3.22. The van der Waals surface area contributed by atoms with Crippen LogP contribution in [0.5, 0.6) is 17.2 Å². The first-order valence-corrected chi connectivity index (χ1v) is 8.02. The Morgan fingerprint density at radius 3 is 2.04 bits per heavy atom. The number of ether oxygens (including phenoxy) is 3. The van der Waals surface area contributed by atoms with E-state index in [0.717, 1.165) is 5.56 Å². The second-order valence-corrected chi connectivity index (χ2v) is 5.40. The van der Waals surface area contributed by atoms with Crippen molar-refractivity contribution in [2.75, 3.05) is 21.3 Å². The monoisotopic (exact) mass is 358 g/mol. The standard InChI is InChI=1S/C19H22N2O5/c1-24-15-11-14(12-16(25-2)18(15)26-3)19(23)21-20-17(22)10-9-13-7-5-4-6-8-13/h4-8,11-12H,9-10H2,1-3H3,(H,20,22)(H,21,23). The number of hydrogen-bond acceptors (Lipinski definition) is 5. The zero-order valence-electron chi connectivity index (χ0n) is 15.0. The van der Waals surface area contributed by atoms with Crippen LogP contribution in [-0.2, 0) is 11.2 Å². The van der Waals surface area contributed by atoms with E-state index in [1.165, 1.54) is 33.5 Å². The van der Waals surface area contributed by atoms with E-state index in [0.29, 0.717) is 23.7 Å². The first-order valence-electron chi connectivity index (χ1n) is 8.02. The molecule has 2 aromatic carbocycles. The van der Waals surface area contributed by atoms with Gasteiger partial charge in [0.1, 0.15) is 0 Å². The lowest BCUT2D eigenvalue weighted by molar-refractivity contribution is -0.121. The van der Waals surface area contributed by atoms with E-state index in [2.05, 4.69) is 10.9 Å². The van der Waals surface area contributed by atoms with Crippen LogP contribution in [0, 0.1) is 0 Å². The van der Waals surface area contributed by atoms with Crippen molar-refractivity contribution < 1.29 is 23.8 Å². The van der Waals surface area contributed by atoms with Crippen molar-refractivity contribution in [3.8, 4) is 17.2 Å². The van der Waals surface area contributed by atoms with Crippen molar-refractivity contribution >= 4 is 11.8 Å². The van der Waals surface area contributed by atoms with E-state index >= 15 is 0 Å². The Kier molecular flexibility index (Phi) is 6.84. The molecule has 0 heterocycles. The second kappa shape index (κ2) is 9.31. The average Bonchev–Trinajstić information content (AvgIpc) is 2.69. The van der Waals surface area contributed by atoms with Crippen molar-refractivity contribution in [2.45, 2.75) is 12.8 Å². The van der Waals surface area contributed by atoms with Crippen molar-refractivity contribution in [3.05, 3.63) is 53.6 Å². The molecule has 0 aliphatic carbocycles. The summed E-state index contributed by atoms with van der Waals surface area (Å²) in [7, 11) is 4.40. The van der Waals surface area contributed by atoms with Gasteiger partial charge >= 0.3 is 0 Å². The van der Waals surface area contributed by atoms with Crippen LogP contribution in [0.4, 0.5) is 0 Å². The SMILES string of the molecule is COc1cc(C(=O)NNC(=O)CCc2ccccc2)cc(OC)c1OC. The van der Waals surface area contributed by atoms with Crippen molar-refractivity contribution in [3.63, 3.8) is 0 Å². The smallest absolute Gasteiger partial charge is 0.269 e. The minimum atomic E-state index is -0.489. The van der Waals surface area contributed by atoms with Crippen LogP contribution in [-0.4, -0.2) is 33.1 Å². The third-order valence-corrected chi connectivity index (χ3v) is 3.73. The predicted octanol–water partition coefficient (Wildman–Crippen LogP) is 2.11. The molecule has 0 atom stereocenters. The molecule has 0 aliphatic rings. The Balaban J connectivity index is 1.95. The van der Waals surface area contributed by atoms with Crippen molar-refractivity contribution in [1.82, 2.24) is 10.9 Å². The number of carbonyl (C=O) groups is 2. The fourth-order valence-corrected chi connectivity index (χ4v) is 2.38. The number of hydrazine groups is 1. The molecular weight excluding hydrogens is 336 g/mol. The minimum Gasteiger partial charge on any atom is -0.493 e. The van der Waals surface area contributed by atoms with Gasteiger partial charge in [0.25, 0.3) is 5.91 Å². The quantitative estimate of drug-likeness (QED) is 0.741. The highest BCUT2D eigenvalue weighted by atomic mass is 16.5. The van der Waals surface area contributed by atoms with Gasteiger partial charge in [0.15, 0.2) is 11.5 Å². The summed E-state index contributed by atoms with van der Waals surface area (Å²) >= 11 is 0. The van der Waals surface area contributed by atoms with Crippen LogP contribution in [0.3, 0.4) is 0 Å². The van der Waals surface area contributed by atoms with Gasteiger partial charge in [-0.1, -0.05) is 30.3 Å². The Labute approximate surface area is 152 Å². The molecule has 7 heteroatoms. The molecule has 0 aliphatic heterocycles. The number of benzene rings is 2. The van der Waals surface area contributed by atoms with Gasteiger partial charge in [0.2, 0.25) is 11.7 Å². The molecule has 2 amide bonds. The molecule has 0 saturated carbocycles. The fraction of sp³-hybridized carbons (Fsp3) is 0.263. The number of amides is 2. The van der Waals surface area contributed by atoms with Gasteiger partial charge in [-0.2, -0.15) is 0 Å². The summed E-state index contributed by atoms with van der Waals surface area (Å²) in [5, 5.41) is 0. The molecule has 138 valence electrons. The highest BCUT2D eigenvalue weighted by Gasteiger charge is 2.17. The fourth-order valence-electron chi connectivity index (χ4n) is 2.38. The average molecular weight is 358 g/mol. The summed E-state index contributed by atoms with van der Waals surface area (Å²) in [6, 6.07) is 12.7. The van der Waals surface area contributed by atoms with Gasteiger partial charge in [-0.05, 0) is 24.1 Å². The lowest BCUT2D eigenvalue weighted by atomic mass is 10.1. The predicted molar refractivity (Wildman–Crippen MR) is 96.5 cm³/mol. The summed E-state index contributed by atoms with van der Waals surface area (Å²) in [6.45, 7) is 0. The summed E-state index contributed by atoms with van der Waals surface area (Å²) in [6.07, 6.45) is 0.853. The topological polar surface area (TPSA) is 85.9 Å². The summed E-state index contributed by atoms with van der Waals surface area (Å²) < 4.78 is 15.6. The number of hydrogen-bond donors (Lipinski definition) is 2. The van der Waals surface area contributed by atoms with E-state index in [1.807, 2.05) is 30.3 Å². The van der Waals surface area contributed by atoms with E-state index in [-0.39, 0.29) is 17.9 Å². The van der Waals surface area contributed by atoms with Gasteiger partial charge in [0, 0.05) is 12.0 Å². The number of nitrogens with one attached hydrogen (secondary N) is 2. The molecule has 0 radical (unpaired) electrons. The zero-order chi connectivity index (χ0) is 18.9. The molecule has 2 aromatic rings. The maximum absolute atomic E-state index is 12.3. The Morgan fingerprint density at radius 1 is 0.885 bits per heavy atom. The lowest BCUT2D eigenvalue weighted by Crippen LogP contribution is -2.41. The zero-order valence-corrected chi connectivity index (χ0v) is 15.0. The molecule has 0 fully saturated rings. The third kappa shape index (κ3) is 4.89. The van der Waals surface area contributed by atoms with Crippen LogP contribution >= 0.6 is 0 Å². The van der Waals surface area contributed by atoms with Crippen LogP contribution < -0.4 is 25.1 Å². The lowest BCUT2D eigenvalue weighted by Gasteiger charge is -2.14. The van der Waals surface area contributed by atoms with Crippen LogP contribution in [0.1, 0.15) is 22.3 Å². The Morgan fingerprint density at radius 2 is 1.50 bits per heavy atom. The van der Waals surface area contributed by atoms with Crippen LogP contribution in [0.15, 0.2) is 42.5 Å². The van der Waals surface area contributed by atoms with Gasteiger partial charge in [-0.25, -0.2) is 0 Å². The number of rotatable bonds is 7. The third-order valence-electron chi connectivity index (χ3n) is 3.73. The number of methoxy groups -OCH3 is 3. The largest absolute Gasteiger partial charge is 0.493 e. The normalized spacial score (nSPS) is 9.96. The molecular formula is C19H22N2O5. The first-order chi connectivity index (χ1) is 12.6. The van der Waals surface area contributed by atoms with Crippen LogP contribution in [0.2, 0.25) is 0 Å². The Bertz CT molecular complexity index is 737. The number of aryl methyl sites for hydroxylation is 1. The van der Waals surface area contributed by atoms with E-state index in [4.69, 9.17) is 14.2 Å². The molecule has 0 unspecified atom stereocenters. The highest BCUT2D eigenvalue weighted by molar-refractivity contribution is 5.96. The molecule has 2 N–H and O–H groups in total. The van der Waals surface area contributed by atoms with Gasteiger partial charge in [-0.3, -0.25) is 20.4 Å². The molecule has 7 nitrogen and oxygen atoms in total. The summed E-state index contributed by atoms with van der Waals surface area (Å²) in [4.78, 5) is 24.2. The molecule has 0 spiro atoms. The maximum atomic E-state index is 12.3. The van der Waals surface area contributed by atoms with E-state index in [9.17, 15) is 9.59 Å². The van der Waals surface area contributed by atoms with Gasteiger partial charge in [0.05, 0.1) is 21.3 Å². The maximum Gasteiger partial charge on any atom is 0.269 e. The van der Waals surface area contributed by atoms with E-state index in [1.54, 1.807) is 0 Å². The minimum absolute atomic E-state index is 0.263. The van der Waals surface area contributed by atoms with Gasteiger partial charge in [-0.15, -0.1) is 0 Å². The summed E-state index contributed by atoms with van der Waals surface area (Å²) in [5.74, 6) is 0.324. The summed E-state index contributed by atoms with van der Waals surface area (Å²) in [5.41, 5.74) is 6.11. The molecule has 0 aromatic heterocycles. The van der Waals surface area contributed by atoms with Crippen molar-refractivity contribution in [2.24, 2.45) is 0 Å². The van der Waals surface area contributed by atoms with Crippen LogP contribution in [0.25, 0.3) is 0 Å². The van der Waals surface area contributed by atoms with E-state index < -0.39 is 5.91 Å². The second-order valence-electron chi connectivity index (χ2n) is 5.40. The first kappa shape index (κ1) is 19.1. The number of carbonyl (C=O) groups excluding carboxylic acids is 2. The highest BCUT2D eigenvalue weighted by Crippen LogP contribution is 2.38. The van der Waals surface area contributed by atoms with Crippen molar-refractivity contribution in [1.29, 1.82) is 0 Å².